The first-order valence-corrected chi connectivity index (χ1v) is 6.69. The van der Waals surface area contributed by atoms with Crippen LogP contribution >= 0.6 is 0 Å². The molecule has 4 heteroatoms. The predicted octanol–water partition coefficient (Wildman–Crippen LogP) is 1.26. The number of methoxy groups -OCH3 is 1. The monoisotopic (exact) mass is 242 g/mol. The first kappa shape index (κ1) is 14.5. The highest BCUT2D eigenvalue weighted by Gasteiger charge is 2.22. The van der Waals surface area contributed by atoms with Gasteiger partial charge in [-0.25, -0.2) is 0 Å². The summed E-state index contributed by atoms with van der Waals surface area (Å²) >= 11 is 0. The Morgan fingerprint density at radius 1 is 1.47 bits per heavy atom. The molecule has 1 rings (SSSR count). The third-order valence-electron chi connectivity index (χ3n) is 3.73. The second-order valence-corrected chi connectivity index (χ2v) is 4.96. The maximum atomic E-state index is 11.4. The van der Waals surface area contributed by atoms with Gasteiger partial charge >= 0.3 is 5.97 Å². The number of carbonyl (C=O) groups is 1. The Balaban J connectivity index is 2.46. The largest absolute Gasteiger partial charge is 0.468 e. The fourth-order valence-corrected chi connectivity index (χ4v) is 2.28. The van der Waals surface area contributed by atoms with Crippen LogP contribution in [0.2, 0.25) is 0 Å². The molecule has 4 nitrogen and oxygen atoms in total. The van der Waals surface area contributed by atoms with Crippen molar-refractivity contribution in [3.63, 3.8) is 0 Å². The van der Waals surface area contributed by atoms with E-state index >= 15 is 0 Å². The van der Waals surface area contributed by atoms with E-state index in [1.165, 1.54) is 20.0 Å². The Morgan fingerprint density at radius 3 is 2.65 bits per heavy atom. The van der Waals surface area contributed by atoms with E-state index in [4.69, 9.17) is 4.74 Å². The zero-order valence-electron chi connectivity index (χ0n) is 11.4. The number of piperidine rings is 1. The number of rotatable bonds is 6. The van der Waals surface area contributed by atoms with Gasteiger partial charge in [-0.2, -0.15) is 0 Å². The minimum atomic E-state index is -0.126. The molecule has 1 atom stereocenters. The summed E-state index contributed by atoms with van der Waals surface area (Å²) in [5.74, 6) is 0.592. The molecule has 0 aromatic rings. The molecule has 0 saturated carbocycles. The smallest absolute Gasteiger partial charge is 0.319 e. The van der Waals surface area contributed by atoms with Crippen molar-refractivity contribution in [2.45, 2.75) is 39.2 Å². The van der Waals surface area contributed by atoms with Crippen molar-refractivity contribution in [2.24, 2.45) is 5.92 Å². The van der Waals surface area contributed by atoms with Crippen LogP contribution in [0.4, 0.5) is 0 Å². The average Bonchev–Trinajstić information content (AvgIpc) is 2.38. The van der Waals surface area contributed by atoms with Crippen LogP contribution in [0.1, 0.15) is 33.1 Å². The van der Waals surface area contributed by atoms with E-state index in [2.05, 4.69) is 24.1 Å². The van der Waals surface area contributed by atoms with Crippen molar-refractivity contribution < 1.29 is 9.53 Å². The average molecular weight is 242 g/mol. The van der Waals surface area contributed by atoms with Crippen molar-refractivity contribution in [1.82, 2.24) is 10.2 Å². The number of hydrogen-bond acceptors (Lipinski definition) is 4. The van der Waals surface area contributed by atoms with Gasteiger partial charge in [0.05, 0.1) is 13.7 Å². The molecule has 1 N–H and O–H groups in total. The highest BCUT2D eigenvalue weighted by Crippen LogP contribution is 2.16. The van der Waals surface area contributed by atoms with Gasteiger partial charge in [0, 0.05) is 12.6 Å². The second kappa shape index (κ2) is 7.67. The maximum Gasteiger partial charge on any atom is 0.319 e. The number of nitrogens with zero attached hydrogens (tertiary/aromatic N) is 1. The predicted molar refractivity (Wildman–Crippen MR) is 68.9 cm³/mol. The number of carbonyl (C=O) groups excluding carboxylic acids is 1. The molecule has 0 spiro atoms. The Kier molecular flexibility index (Phi) is 6.52. The zero-order chi connectivity index (χ0) is 12.7. The molecular formula is C13H26N2O2. The SMILES string of the molecule is CCC(C)N(CC(=O)OC)CC1CCNCC1. The van der Waals surface area contributed by atoms with Crippen LogP contribution in [0.5, 0.6) is 0 Å². The first-order chi connectivity index (χ1) is 8.17. The highest BCUT2D eigenvalue weighted by atomic mass is 16.5. The van der Waals surface area contributed by atoms with E-state index in [1.807, 2.05) is 0 Å². The van der Waals surface area contributed by atoms with E-state index in [0.29, 0.717) is 12.6 Å². The molecule has 0 aromatic heterocycles. The van der Waals surface area contributed by atoms with Gasteiger partial charge in [0.25, 0.3) is 0 Å². The maximum absolute atomic E-state index is 11.4. The number of esters is 1. The van der Waals surface area contributed by atoms with Crippen LogP contribution < -0.4 is 5.32 Å². The lowest BCUT2D eigenvalue weighted by Crippen LogP contribution is -2.43. The van der Waals surface area contributed by atoms with E-state index in [1.54, 1.807) is 0 Å². The van der Waals surface area contributed by atoms with Gasteiger partial charge in [-0.05, 0) is 45.2 Å². The summed E-state index contributed by atoms with van der Waals surface area (Å²) in [6.45, 7) is 8.01. The normalized spacial score (nSPS) is 19.3. The number of ether oxygens (including phenoxy) is 1. The second-order valence-electron chi connectivity index (χ2n) is 4.96. The molecule has 1 unspecified atom stereocenters. The minimum Gasteiger partial charge on any atom is -0.468 e. The highest BCUT2D eigenvalue weighted by molar-refractivity contribution is 5.71. The third kappa shape index (κ3) is 5.04. The lowest BCUT2D eigenvalue weighted by Gasteiger charge is -2.33. The molecule has 1 aliphatic rings. The molecule has 1 saturated heterocycles. The van der Waals surface area contributed by atoms with Crippen LogP contribution in [-0.2, 0) is 9.53 Å². The van der Waals surface area contributed by atoms with Gasteiger partial charge in [-0.3, -0.25) is 9.69 Å². The first-order valence-electron chi connectivity index (χ1n) is 6.69. The van der Waals surface area contributed by atoms with Gasteiger partial charge in [0.15, 0.2) is 0 Å². The Morgan fingerprint density at radius 2 is 2.12 bits per heavy atom. The fraction of sp³-hybridized carbons (Fsp3) is 0.923. The summed E-state index contributed by atoms with van der Waals surface area (Å²) in [7, 11) is 1.46. The Labute approximate surface area is 105 Å². The van der Waals surface area contributed by atoms with E-state index in [9.17, 15) is 4.79 Å². The Bertz CT molecular complexity index is 227. The lowest BCUT2D eigenvalue weighted by molar-refractivity contribution is -0.142. The number of nitrogens with one attached hydrogen (secondary N) is 1. The van der Waals surface area contributed by atoms with Gasteiger partial charge in [0.1, 0.15) is 0 Å². The van der Waals surface area contributed by atoms with E-state index in [-0.39, 0.29) is 5.97 Å². The van der Waals surface area contributed by atoms with Crippen LogP contribution in [0.25, 0.3) is 0 Å². The molecule has 100 valence electrons. The van der Waals surface area contributed by atoms with Gasteiger partial charge in [-0.15, -0.1) is 0 Å². The topological polar surface area (TPSA) is 41.6 Å². The summed E-state index contributed by atoms with van der Waals surface area (Å²) in [5, 5.41) is 3.37. The zero-order valence-corrected chi connectivity index (χ0v) is 11.4. The van der Waals surface area contributed by atoms with Crippen molar-refractivity contribution in [3.05, 3.63) is 0 Å². The molecule has 17 heavy (non-hydrogen) atoms. The molecule has 0 aromatic carbocycles. The van der Waals surface area contributed by atoms with Crippen molar-refractivity contribution in [2.75, 3.05) is 33.3 Å². The Hall–Kier alpha value is -0.610. The van der Waals surface area contributed by atoms with Crippen LogP contribution in [0.3, 0.4) is 0 Å². The standard InChI is InChI=1S/C13H26N2O2/c1-4-11(2)15(10-13(16)17-3)9-12-5-7-14-8-6-12/h11-12,14H,4-10H2,1-3H3. The van der Waals surface area contributed by atoms with Crippen LogP contribution in [0.15, 0.2) is 0 Å². The fourth-order valence-electron chi connectivity index (χ4n) is 2.28. The molecule has 1 fully saturated rings. The third-order valence-corrected chi connectivity index (χ3v) is 3.73. The summed E-state index contributed by atoms with van der Waals surface area (Å²) in [6.07, 6.45) is 3.50. The minimum absolute atomic E-state index is 0.126. The van der Waals surface area contributed by atoms with Gasteiger partial charge in [-0.1, -0.05) is 6.92 Å². The number of hydrogen-bond donors (Lipinski definition) is 1. The van der Waals surface area contributed by atoms with Crippen LogP contribution in [-0.4, -0.2) is 50.2 Å². The molecule has 1 heterocycles. The van der Waals surface area contributed by atoms with Gasteiger partial charge < -0.3 is 10.1 Å². The molecule has 0 aliphatic carbocycles. The summed E-state index contributed by atoms with van der Waals surface area (Å²) < 4.78 is 4.77. The lowest BCUT2D eigenvalue weighted by atomic mass is 9.96. The molecular weight excluding hydrogens is 216 g/mol. The molecule has 0 radical (unpaired) electrons. The van der Waals surface area contributed by atoms with E-state index in [0.717, 1.165) is 32.0 Å². The summed E-state index contributed by atoms with van der Waals surface area (Å²) in [5.41, 5.74) is 0. The van der Waals surface area contributed by atoms with Crippen molar-refractivity contribution in [1.29, 1.82) is 0 Å². The van der Waals surface area contributed by atoms with Gasteiger partial charge in [0.2, 0.25) is 0 Å². The van der Waals surface area contributed by atoms with Crippen molar-refractivity contribution >= 4 is 5.97 Å². The van der Waals surface area contributed by atoms with E-state index < -0.39 is 0 Å². The molecule has 1 aliphatic heterocycles. The molecule has 0 amide bonds. The van der Waals surface area contributed by atoms with Crippen LogP contribution in [0, 0.1) is 5.92 Å². The quantitative estimate of drug-likeness (QED) is 0.712. The summed E-state index contributed by atoms with van der Waals surface area (Å²) in [6, 6.07) is 0.448. The molecule has 0 bridgehead atoms. The summed E-state index contributed by atoms with van der Waals surface area (Å²) in [4.78, 5) is 13.7. The van der Waals surface area contributed by atoms with Crippen molar-refractivity contribution in [3.8, 4) is 0 Å².